The average molecular weight is 225 g/mol. The summed E-state index contributed by atoms with van der Waals surface area (Å²) in [5, 5.41) is 11.4. The van der Waals surface area contributed by atoms with E-state index in [9.17, 15) is 5.11 Å². The van der Waals surface area contributed by atoms with Gasteiger partial charge in [-0.1, -0.05) is 6.07 Å². The highest BCUT2D eigenvalue weighted by molar-refractivity contribution is 7.10. The molecule has 0 spiro atoms. The molecule has 3 N–H and O–H groups in total. The average Bonchev–Trinajstić information content (AvgIpc) is 2.90. The third-order valence-electron chi connectivity index (χ3n) is 3.62. The molecule has 0 radical (unpaired) electrons. The molecule has 1 heterocycles. The SMILES string of the molecule is CC(N)C(CCO)(c1cccs1)C1CC1. The topological polar surface area (TPSA) is 46.2 Å². The molecule has 84 valence electrons. The summed E-state index contributed by atoms with van der Waals surface area (Å²) in [5.41, 5.74) is 6.22. The second kappa shape index (κ2) is 4.24. The molecule has 0 aliphatic heterocycles. The Balaban J connectivity index is 2.35. The number of nitrogens with two attached hydrogens (primary N) is 1. The van der Waals surface area contributed by atoms with Gasteiger partial charge in [0.1, 0.15) is 0 Å². The van der Waals surface area contributed by atoms with Crippen LogP contribution in [0, 0.1) is 5.92 Å². The second-order valence-electron chi connectivity index (χ2n) is 4.55. The van der Waals surface area contributed by atoms with Crippen LogP contribution in [0.3, 0.4) is 0 Å². The van der Waals surface area contributed by atoms with Crippen LogP contribution in [0.25, 0.3) is 0 Å². The first-order valence-electron chi connectivity index (χ1n) is 5.62. The summed E-state index contributed by atoms with van der Waals surface area (Å²) in [7, 11) is 0. The van der Waals surface area contributed by atoms with Crippen molar-refractivity contribution in [2.75, 3.05) is 6.61 Å². The van der Waals surface area contributed by atoms with Crippen molar-refractivity contribution in [1.82, 2.24) is 0 Å². The van der Waals surface area contributed by atoms with Crippen molar-refractivity contribution in [1.29, 1.82) is 0 Å². The Hall–Kier alpha value is -0.380. The van der Waals surface area contributed by atoms with E-state index in [-0.39, 0.29) is 18.1 Å². The molecule has 1 fully saturated rings. The quantitative estimate of drug-likeness (QED) is 0.806. The number of thiophene rings is 1. The van der Waals surface area contributed by atoms with Crippen LogP contribution in [0.15, 0.2) is 17.5 Å². The molecule has 0 amide bonds. The summed E-state index contributed by atoms with van der Waals surface area (Å²) >= 11 is 1.78. The minimum atomic E-state index is 0.0307. The van der Waals surface area contributed by atoms with E-state index >= 15 is 0 Å². The van der Waals surface area contributed by atoms with Crippen molar-refractivity contribution in [2.24, 2.45) is 11.7 Å². The van der Waals surface area contributed by atoms with Crippen LogP contribution in [-0.2, 0) is 5.41 Å². The van der Waals surface area contributed by atoms with Crippen LogP contribution in [0.4, 0.5) is 0 Å². The van der Waals surface area contributed by atoms with Crippen LogP contribution in [-0.4, -0.2) is 17.8 Å². The minimum absolute atomic E-state index is 0.0307. The highest BCUT2D eigenvalue weighted by Crippen LogP contribution is 2.52. The van der Waals surface area contributed by atoms with Crippen molar-refractivity contribution in [3.8, 4) is 0 Å². The third kappa shape index (κ3) is 1.84. The Morgan fingerprint density at radius 2 is 2.40 bits per heavy atom. The molecule has 2 nitrogen and oxygen atoms in total. The van der Waals surface area contributed by atoms with E-state index < -0.39 is 0 Å². The van der Waals surface area contributed by atoms with Crippen LogP contribution in [0.2, 0.25) is 0 Å². The van der Waals surface area contributed by atoms with Crippen molar-refractivity contribution >= 4 is 11.3 Å². The Labute approximate surface area is 95.1 Å². The van der Waals surface area contributed by atoms with Gasteiger partial charge in [-0.3, -0.25) is 0 Å². The second-order valence-corrected chi connectivity index (χ2v) is 5.50. The molecule has 2 rings (SSSR count). The van der Waals surface area contributed by atoms with E-state index in [4.69, 9.17) is 5.73 Å². The predicted molar refractivity (Wildman–Crippen MR) is 64.1 cm³/mol. The first-order valence-corrected chi connectivity index (χ1v) is 6.50. The largest absolute Gasteiger partial charge is 0.396 e. The zero-order valence-electron chi connectivity index (χ0n) is 9.15. The molecule has 1 aliphatic carbocycles. The van der Waals surface area contributed by atoms with E-state index in [1.807, 2.05) is 0 Å². The highest BCUT2D eigenvalue weighted by atomic mass is 32.1. The smallest absolute Gasteiger partial charge is 0.0440 e. The molecule has 1 saturated carbocycles. The van der Waals surface area contributed by atoms with Crippen molar-refractivity contribution in [3.05, 3.63) is 22.4 Å². The number of hydrogen-bond acceptors (Lipinski definition) is 3. The molecular formula is C12H19NOS. The van der Waals surface area contributed by atoms with E-state index in [1.54, 1.807) is 11.3 Å². The first kappa shape index (κ1) is 11.1. The maximum atomic E-state index is 9.28. The minimum Gasteiger partial charge on any atom is -0.396 e. The fourth-order valence-corrected chi connectivity index (χ4v) is 3.81. The molecule has 3 heteroatoms. The normalized spacial score (nSPS) is 22.3. The number of hydrogen-bond donors (Lipinski definition) is 2. The highest BCUT2D eigenvalue weighted by Gasteiger charge is 2.48. The molecular weight excluding hydrogens is 206 g/mol. The first-order chi connectivity index (χ1) is 7.21. The summed E-state index contributed by atoms with van der Waals surface area (Å²) in [4.78, 5) is 1.36. The van der Waals surface area contributed by atoms with Crippen LogP contribution >= 0.6 is 11.3 Å². The van der Waals surface area contributed by atoms with E-state index in [1.165, 1.54) is 17.7 Å². The molecule has 2 unspecified atom stereocenters. The van der Waals surface area contributed by atoms with Crippen molar-refractivity contribution in [2.45, 2.75) is 37.6 Å². The number of aliphatic hydroxyl groups excluding tert-OH is 1. The van der Waals surface area contributed by atoms with Gasteiger partial charge in [0, 0.05) is 22.9 Å². The van der Waals surface area contributed by atoms with E-state index in [0.29, 0.717) is 5.92 Å². The summed E-state index contributed by atoms with van der Waals surface area (Å²) < 4.78 is 0. The Kier molecular flexibility index (Phi) is 3.14. The zero-order chi connectivity index (χ0) is 10.9. The maximum Gasteiger partial charge on any atom is 0.0440 e. The molecule has 15 heavy (non-hydrogen) atoms. The third-order valence-corrected chi connectivity index (χ3v) is 4.69. The van der Waals surface area contributed by atoms with Gasteiger partial charge in [-0.05, 0) is 43.6 Å². The number of rotatable bonds is 5. The summed E-state index contributed by atoms with van der Waals surface area (Å²) in [6, 6.07) is 4.37. The zero-order valence-corrected chi connectivity index (χ0v) is 9.96. The summed E-state index contributed by atoms with van der Waals surface area (Å²) in [6.45, 7) is 2.31. The van der Waals surface area contributed by atoms with Crippen LogP contribution in [0.5, 0.6) is 0 Å². The Bertz CT molecular complexity index is 301. The van der Waals surface area contributed by atoms with Crippen molar-refractivity contribution < 1.29 is 5.11 Å². The summed E-state index contributed by atoms with van der Waals surface area (Å²) in [6.07, 6.45) is 3.33. The Morgan fingerprint density at radius 3 is 2.80 bits per heavy atom. The van der Waals surface area contributed by atoms with Gasteiger partial charge in [0.2, 0.25) is 0 Å². The van der Waals surface area contributed by atoms with Gasteiger partial charge in [0.25, 0.3) is 0 Å². The van der Waals surface area contributed by atoms with Gasteiger partial charge in [-0.15, -0.1) is 11.3 Å². The maximum absolute atomic E-state index is 9.28. The lowest BCUT2D eigenvalue weighted by atomic mass is 9.73. The van der Waals surface area contributed by atoms with Gasteiger partial charge >= 0.3 is 0 Å². The van der Waals surface area contributed by atoms with Crippen molar-refractivity contribution in [3.63, 3.8) is 0 Å². The van der Waals surface area contributed by atoms with Gasteiger partial charge < -0.3 is 10.8 Å². The lowest BCUT2D eigenvalue weighted by Crippen LogP contribution is -2.45. The fourth-order valence-electron chi connectivity index (χ4n) is 2.68. The summed E-state index contributed by atoms with van der Waals surface area (Å²) in [5.74, 6) is 0.684. The van der Waals surface area contributed by atoms with Gasteiger partial charge in [0.15, 0.2) is 0 Å². The van der Waals surface area contributed by atoms with E-state index in [2.05, 4.69) is 24.4 Å². The fraction of sp³-hybridized carbons (Fsp3) is 0.667. The van der Waals surface area contributed by atoms with E-state index in [0.717, 1.165) is 6.42 Å². The van der Waals surface area contributed by atoms with Gasteiger partial charge in [-0.25, -0.2) is 0 Å². The Morgan fingerprint density at radius 1 is 1.67 bits per heavy atom. The molecule has 1 aromatic heterocycles. The number of aliphatic hydroxyl groups is 1. The predicted octanol–water partition coefficient (Wildman–Crippen LogP) is 2.13. The lowest BCUT2D eigenvalue weighted by molar-refractivity contribution is 0.202. The lowest BCUT2D eigenvalue weighted by Gasteiger charge is -2.36. The van der Waals surface area contributed by atoms with Crippen LogP contribution in [0.1, 0.15) is 31.1 Å². The van der Waals surface area contributed by atoms with Gasteiger partial charge in [-0.2, -0.15) is 0 Å². The molecule has 0 saturated heterocycles. The molecule has 1 aromatic rings. The monoisotopic (exact) mass is 225 g/mol. The standard InChI is InChI=1S/C12H19NOS/c1-9(13)12(6-7-14,10-4-5-10)11-3-2-8-15-11/h2-3,8-10,14H,4-7,13H2,1H3. The van der Waals surface area contributed by atoms with Gasteiger partial charge in [0.05, 0.1) is 0 Å². The molecule has 0 bridgehead atoms. The molecule has 1 aliphatic rings. The van der Waals surface area contributed by atoms with Crippen LogP contribution < -0.4 is 5.73 Å². The molecule has 0 aromatic carbocycles. The molecule has 2 atom stereocenters.